The number of aromatic amines is 1. The van der Waals surface area contributed by atoms with E-state index in [4.69, 9.17) is 22.1 Å². The Bertz CT molecular complexity index is 795. The van der Waals surface area contributed by atoms with Crippen LogP contribution in [0, 0.1) is 0 Å². The average molecular weight is 350 g/mol. The molecule has 0 aliphatic carbocycles. The van der Waals surface area contributed by atoms with Gasteiger partial charge in [0.05, 0.1) is 6.10 Å². The van der Waals surface area contributed by atoms with Gasteiger partial charge in [0.25, 0.3) is 5.56 Å². The zero-order chi connectivity index (χ0) is 17.3. The maximum Gasteiger partial charge on any atom is 0.329 e. The van der Waals surface area contributed by atoms with E-state index >= 15 is 0 Å². The summed E-state index contributed by atoms with van der Waals surface area (Å²) in [5.74, 6) is 0. The first kappa shape index (κ1) is 17.0. The van der Waals surface area contributed by atoms with Gasteiger partial charge in [0.2, 0.25) is 0 Å². The van der Waals surface area contributed by atoms with Crippen molar-refractivity contribution in [2.24, 2.45) is 5.73 Å². The standard InChI is InChI=1S/C17H20ClN3O3/c1-10(19)11-2-4-12(5-3-11)14-8-13(6-7-24-14)21-16(22)9-15(18)20-17(21)23/h2-5,9-10,13-14H,6-8,19H2,1H3,(H,20,23)/t10-,13?,14?/m0/s1. The van der Waals surface area contributed by atoms with Crippen LogP contribution < -0.4 is 17.0 Å². The van der Waals surface area contributed by atoms with Crippen LogP contribution in [0.1, 0.15) is 49.1 Å². The maximum absolute atomic E-state index is 12.1. The highest BCUT2D eigenvalue weighted by Crippen LogP contribution is 2.33. The molecule has 0 spiro atoms. The Hall–Kier alpha value is -1.89. The van der Waals surface area contributed by atoms with Crippen molar-refractivity contribution in [1.29, 1.82) is 0 Å². The summed E-state index contributed by atoms with van der Waals surface area (Å²) in [7, 11) is 0. The second kappa shape index (κ2) is 6.93. The first-order valence-electron chi connectivity index (χ1n) is 7.94. The second-order valence-electron chi connectivity index (χ2n) is 6.12. The van der Waals surface area contributed by atoms with Crippen molar-refractivity contribution in [2.75, 3.05) is 6.61 Å². The molecule has 1 aliphatic rings. The van der Waals surface area contributed by atoms with Crippen molar-refractivity contribution in [3.63, 3.8) is 0 Å². The molecule has 3 N–H and O–H groups in total. The van der Waals surface area contributed by atoms with Crippen LogP contribution in [0.3, 0.4) is 0 Å². The first-order chi connectivity index (χ1) is 11.5. The third kappa shape index (κ3) is 3.45. The van der Waals surface area contributed by atoms with Crippen LogP contribution in [0.25, 0.3) is 0 Å². The van der Waals surface area contributed by atoms with Gasteiger partial charge in [-0.1, -0.05) is 35.9 Å². The molecule has 1 aromatic heterocycles. The quantitative estimate of drug-likeness (QED) is 0.832. The molecule has 128 valence electrons. The summed E-state index contributed by atoms with van der Waals surface area (Å²) in [6.07, 6.45) is 1.01. The van der Waals surface area contributed by atoms with Gasteiger partial charge in [-0.15, -0.1) is 0 Å². The first-order valence-corrected chi connectivity index (χ1v) is 8.32. The molecule has 2 aromatic rings. The largest absolute Gasteiger partial charge is 0.373 e. The van der Waals surface area contributed by atoms with Crippen molar-refractivity contribution in [3.8, 4) is 0 Å². The number of nitrogens with one attached hydrogen (secondary N) is 1. The number of hydrogen-bond acceptors (Lipinski definition) is 4. The van der Waals surface area contributed by atoms with Gasteiger partial charge in [-0.3, -0.25) is 14.3 Å². The summed E-state index contributed by atoms with van der Waals surface area (Å²) in [6, 6.07) is 8.92. The Labute approximate surface area is 144 Å². The van der Waals surface area contributed by atoms with E-state index in [0.29, 0.717) is 19.4 Å². The van der Waals surface area contributed by atoms with E-state index in [-0.39, 0.29) is 28.9 Å². The smallest absolute Gasteiger partial charge is 0.329 e. The van der Waals surface area contributed by atoms with Crippen LogP contribution in [-0.2, 0) is 4.74 Å². The van der Waals surface area contributed by atoms with Gasteiger partial charge < -0.3 is 10.5 Å². The highest BCUT2D eigenvalue weighted by molar-refractivity contribution is 6.29. The lowest BCUT2D eigenvalue weighted by atomic mass is 9.96. The molecule has 0 saturated carbocycles. The lowest BCUT2D eigenvalue weighted by Gasteiger charge is -2.30. The van der Waals surface area contributed by atoms with Gasteiger partial charge in [-0.05, 0) is 30.9 Å². The third-order valence-corrected chi connectivity index (χ3v) is 4.59. The summed E-state index contributed by atoms with van der Waals surface area (Å²) < 4.78 is 7.07. The van der Waals surface area contributed by atoms with E-state index in [1.165, 1.54) is 10.6 Å². The molecular weight excluding hydrogens is 330 g/mol. The molecule has 1 fully saturated rings. The summed E-state index contributed by atoms with van der Waals surface area (Å²) in [4.78, 5) is 26.7. The summed E-state index contributed by atoms with van der Waals surface area (Å²) in [6.45, 7) is 2.42. The molecule has 3 rings (SSSR count). The minimum Gasteiger partial charge on any atom is -0.373 e. The van der Waals surface area contributed by atoms with Crippen LogP contribution in [0.4, 0.5) is 0 Å². The molecule has 2 heterocycles. The number of nitrogens with zero attached hydrogens (tertiary/aromatic N) is 1. The molecule has 0 amide bonds. The van der Waals surface area contributed by atoms with Gasteiger partial charge in [0, 0.05) is 24.8 Å². The summed E-state index contributed by atoms with van der Waals surface area (Å²) in [5.41, 5.74) is 7.07. The SMILES string of the molecule is C[C@H](N)c1ccc(C2CC(n3c(=O)cc(Cl)[nH]c3=O)CCO2)cc1. The van der Waals surface area contributed by atoms with Crippen LogP contribution in [0.2, 0.25) is 5.15 Å². The normalized spacial score (nSPS) is 22.3. The van der Waals surface area contributed by atoms with Crippen molar-refractivity contribution < 1.29 is 4.74 Å². The van der Waals surface area contributed by atoms with E-state index in [1.54, 1.807) is 0 Å². The van der Waals surface area contributed by atoms with Crippen LogP contribution in [-0.4, -0.2) is 16.2 Å². The van der Waals surface area contributed by atoms with Gasteiger partial charge in [0.1, 0.15) is 5.15 Å². The Kier molecular flexibility index (Phi) is 4.89. The maximum atomic E-state index is 12.1. The van der Waals surface area contributed by atoms with Crippen molar-refractivity contribution >= 4 is 11.6 Å². The van der Waals surface area contributed by atoms with Gasteiger partial charge in [0.15, 0.2) is 0 Å². The zero-order valence-electron chi connectivity index (χ0n) is 13.4. The molecular formula is C17H20ClN3O3. The molecule has 1 aromatic carbocycles. The van der Waals surface area contributed by atoms with Crippen molar-refractivity contribution in [3.05, 3.63) is 67.4 Å². The van der Waals surface area contributed by atoms with E-state index < -0.39 is 5.69 Å². The van der Waals surface area contributed by atoms with Gasteiger partial charge in [-0.2, -0.15) is 0 Å². The summed E-state index contributed by atoms with van der Waals surface area (Å²) in [5, 5.41) is 0.0522. The number of ether oxygens (including phenoxy) is 1. The third-order valence-electron chi connectivity index (χ3n) is 4.39. The lowest BCUT2D eigenvalue weighted by molar-refractivity contribution is -0.00849. The Morgan fingerprint density at radius 2 is 2.04 bits per heavy atom. The zero-order valence-corrected chi connectivity index (χ0v) is 14.1. The number of nitrogens with two attached hydrogens (primary N) is 1. The van der Waals surface area contributed by atoms with E-state index in [9.17, 15) is 9.59 Å². The predicted molar refractivity (Wildman–Crippen MR) is 92.3 cm³/mol. The molecule has 0 radical (unpaired) electrons. The summed E-state index contributed by atoms with van der Waals surface area (Å²) >= 11 is 5.72. The van der Waals surface area contributed by atoms with Crippen molar-refractivity contribution in [2.45, 2.75) is 38.0 Å². The average Bonchev–Trinajstić information content (AvgIpc) is 2.54. The van der Waals surface area contributed by atoms with Crippen molar-refractivity contribution in [1.82, 2.24) is 9.55 Å². The molecule has 7 heteroatoms. The van der Waals surface area contributed by atoms with E-state index in [2.05, 4.69) is 4.98 Å². The molecule has 0 bridgehead atoms. The van der Waals surface area contributed by atoms with Crippen LogP contribution >= 0.6 is 11.6 Å². The molecule has 2 unspecified atom stereocenters. The van der Waals surface area contributed by atoms with Crippen LogP contribution in [0.15, 0.2) is 39.9 Å². The minimum atomic E-state index is -0.481. The number of rotatable bonds is 3. The fourth-order valence-electron chi connectivity index (χ4n) is 3.08. The fourth-order valence-corrected chi connectivity index (χ4v) is 3.26. The minimum absolute atomic E-state index is 0.0229. The number of H-pyrrole nitrogens is 1. The lowest BCUT2D eigenvalue weighted by Crippen LogP contribution is -2.40. The topological polar surface area (TPSA) is 90.1 Å². The predicted octanol–water partition coefficient (Wildman–Crippen LogP) is 2.30. The molecule has 6 nitrogen and oxygen atoms in total. The Balaban J connectivity index is 1.85. The highest BCUT2D eigenvalue weighted by Gasteiger charge is 2.27. The number of halogens is 1. The molecule has 24 heavy (non-hydrogen) atoms. The fraction of sp³-hybridized carbons (Fsp3) is 0.412. The Morgan fingerprint density at radius 3 is 2.67 bits per heavy atom. The van der Waals surface area contributed by atoms with E-state index in [0.717, 1.165) is 11.1 Å². The monoisotopic (exact) mass is 349 g/mol. The van der Waals surface area contributed by atoms with E-state index in [1.807, 2.05) is 31.2 Å². The highest BCUT2D eigenvalue weighted by atomic mass is 35.5. The molecule has 1 aliphatic heterocycles. The number of aromatic nitrogens is 2. The number of benzene rings is 1. The molecule has 3 atom stereocenters. The second-order valence-corrected chi connectivity index (χ2v) is 6.53. The Morgan fingerprint density at radius 1 is 1.33 bits per heavy atom. The van der Waals surface area contributed by atoms with Crippen LogP contribution in [0.5, 0.6) is 0 Å². The van der Waals surface area contributed by atoms with Gasteiger partial charge >= 0.3 is 5.69 Å². The van der Waals surface area contributed by atoms with Gasteiger partial charge in [-0.25, -0.2) is 4.79 Å². The molecule has 1 saturated heterocycles. The number of hydrogen-bond donors (Lipinski definition) is 2.